The van der Waals surface area contributed by atoms with Gasteiger partial charge in [0.1, 0.15) is 11.6 Å². The molecule has 0 unspecified atom stereocenters. The van der Waals surface area contributed by atoms with E-state index in [4.69, 9.17) is 0 Å². The number of aromatic amines is 1. The number of fused-ring (bicyclic) bond motifs is 1. The number of aryl methyl sites for hydroxylation is 2. The summed E-state index contributed by atoms with van der Waals surface area (Å²) in [6.45, 7) is 4.06. The van der Waals surface area contributed by atoms with E-state index in [2.05, 4.69) is 9.97 Å². The summed E-state index contributed by atoms with van der Waals surface area (Å²) in [6, 6.07) is 10.5. The summed E-state index contributed by atoms with van der Waals surface area (Å²) in [5, 5.41) is 9.81. The molecule has 3 rings (SSSR count). The summed E-state index contributed by atoms with van der Waals surface area (Å²) < 4.78 is 0. The molecule has 0 saturated carbocycles. The predicted molar refractivity (Wildman–Crippen MR) is 78.9 cm³/mol. The van der Waals surface area contributed by atoms with E-state index in [1.54, 1.807) is 6.07 Å². The fourth-order valence-corrected chi connectivity index (χ4v) is 2.15. The average Bonchev–Trinajstić information content (AvgIpc) is 2.42. The van der Waals surface area contributed by atoms with E-state index in [1.165, 1.54) is 17.7 Å². The van der Waals surface area contributed by atoms with Crippen LogP contribution < -0.4 is 5.56 Å². The number of H-pyrrole nitrogens is 1. The molecule has 0 aliphatic rings. The molecule has 103 valence electrons. The van der Waals surface area contributed by atoms with Crippen molar-refractivity contribution < 1.29 is 49.2 Å². The molecule has 0 atom stereocenters. The summed E-state index contributed by atoms with van der Waals surface area (Å²) in [6.07, 6.45) is 0. The standard InChI is InChI=1S/C16H14N2O2.Ac/c1-9-3-4-11(7-10(9)2)15-17-14-6-5-12(19)8-13(14)16(20)18-15;/h3-8,19H,1-2H3,(H,17,18,20);. The van der Waals surface area contributed by atoms with Gasteiger partial charge < -0.3 is 10.1 Å². The van der Waals surface area contributed by atoms with Crippen LogP contribution in [0.3, 0.4) is 0 Å². The van der Waals surface area contributed by atoms with Crippen LogP contribution >= 0.6 is 0 Å². The summed E-state index contributed by atoms with van der Waals surface area (Å²) in [5.41, 5.74) is 3.54. The van der Waals surface area contributed by atoms with Crippen molar-refractivity contribution >= 4 is 10.9 Å². The summed E-state index contributed by atoms with van der Waals surface area (Å²) in [7, 11) is 0. The van der Waals surface area contributed by atoms with Crippen LogP contribution in [-0.2, 0) is 0 Å². The number of aromatic nitrogens is 2. The maximum atomic E-state index is 12.1. The molecule has 0 amide bonds. The minimum absolute atomic E-state index is 0. The first kappa shape index (κ1) is 16.2. The molecule has 2 aromatic carbocycles. The summed E-state index contributed by atoms with van der Waals surface area (Å²) in [5.74, 6) is 0.597. The number of aromatic hydroxyl groups is 1. The van der Waals surface area contributed by atoms with Crippen molar-refractivity contribution in [3.8, 4) is 17.1 Å². The number of rotatable bonds is 1. The van der Waals surface area contributed by atoms with Gasteiger partial charge in [-0.15, -0.1) is 0 Å². The molecule has 5 heteroatoms. The van der Waals surface area contributed by atoms with Gasteiger partial charge in [-0.2, -0.15) is 0 Å². The Morgan fingerprint density at radius 2 is 1.81 bits per heavy atom. The molecule has 1 aromatic heterocycles. The quantitative estimate of drug-likeness (QED) is 0.548. The third kappa shape index (κ3) is 3.20. The Labute approximate surface area is 157 Å². The topological polar surface area (TPSA) is 66.0 Å². The Morgan fingerprint density at radius 1 is 1.05 bits per heavy atom. The first-order valence-corrected chi connectivity index (χ1v) is 6.35. The van der Waals surface area contributed by atoms with Gasteiger partial charge in [0.15, 0.2) is 0 Å². The molecule has 0 fully saturated rings. The molecule has 0 spiro atoms. The number of phenolic OH excluding ortho intramolecular Hbond substituents is 1. The van der Waals surface area contributed by atoms with E-state index in [9.17, 15) is 9.90 Å². The van der Waals surface area contributed by atoms with Crippen molar-refractivity contribution in [1.29, 1.82) is 0 Å². The van der Waals surface area contributed by atoms with Crippen LogP contribution in [0.4, 0.5) is 0 Å². The van der Waals surface area contributed by atoms with Crippen LogP contribution in [-0.4, -0.2) is 15.1 Å². The number of hydrogen-bond acceptors (Lipinski definition) is 3. The Morgan fingerprint density at radius 3 is 2.52 bits per heavy atom. The monoisotopic (exact) mass is 493 g/mol. The van der Waals surface area contributed by atoms with Gasteiger partial charge in [0.25, 0.3) is 5.56 Å². The first-order chi connectivity index (χ1) is 9.54. The smallest absolute Gasteiger partial charge is 0.259 e. The summed E-state index contributed by atoms with van der Waals surface area (Å²) in [4.78, 5) is 19.3. The molecule has 1 heterocycles. The van der Waals surface area contributed by atoms with Crippen molar-refractivity contribution in [3.05, 3.63) is 57.9 Å². The second-order valence-corrected chi connectivity index (χ2v) is 4.92. The molecule has 0 saturated heterocycles. The van der Waals surface area contributed by atoms with E-state index < -0.39 is 0 Å². The van der Waals surface area contributed by atoms with E-state index in [0.717, 1.165) is 11.1 Å². The molecule has 3 aromatic rings. The normalized spacial score (nSPS) is 10.4. The average molecular weight is 493 g/mol. The van der Waals surface area contributed by atoms with Gasteiger partial charge in [0.05, 0.1) is 10.9 Å². The zero-order valence-corrected chi connectivity index (χ0v) is 16.6. The van der Waals surface area contributed by atoms with Crippen molar-refractivity contribution in [2.75, 3.05) is 0 Å². The Hall–Kier alpha value is -1.18. The van der Waals surface area contributed by atoms with Gasteiger partial charge in [-0.05, 0) is 49.2 Å². The molecule has 4 nitrogen and oxygen atoms in total. The van der Waals surface area contributed by atoms with Crippen LogP contribution in [0.1, 0.15) is 11.1 Å². The van der Waals surface area contributed by atoms with Gasteiger partial charge in [0, 0.05) is 49.6 Å². The number of nitrogens with one attached hydrogen (secondary N) is 1. The Kier molecular flexibility index (Phi) is 4.85. The van der Waals surface area contributed by atoms with Crippen LogP contribution in [0.25, 0.3) is 22.3 Å². The zero-order chi connectivity index (χ0) is 14.3. The van der Waals surface area contributed by atoms with Crippen molar-refractivity contribution in [2.24, 2.45) is 0 Å². The first-order valence-electron chi connectivity index (χ1n) is 6.35. The third-order valence-corrected chi connectivity index (χ3v) is 3.47. The Bertz CT molecular complexity index is 872. The van der Waals surface area contributed by atoms with Crippen molar-refractivity contribution in [3.63, 3.8) is 0 Å². The number of phenols is 1. The van der Waals surface area contributed by atoms with Crippen LogP contribution in [0.2, 0.25) is 0 Å². The maximum absolute atomic E-state index is 12.1. The van der Waals surface area contributed by atoms with Crippen LogP contribution in [0.5, 0.6) is 5.75 Å². The largest absolute Gasteiger partial charge is 0.508 e. The Balaban J connectivity index is 0.00000161. The second-order valence-electron chi connectivity index (χ2n) is 4.92. The van der Waals surface area contributed by atoms with Gasteiger partial charge in [0.2, 0.25) is 0 Å². The summed E-state index contributed by atoms with van der Waals surface area (Å²) >= 11 is 0. The van der Waals surface area contributed by atoms with E-state index >= 15 is 0 Å². The molecule has 0 bridgehead atoms. The molecule has 2 N–H and O–H groups in total. The minimum Gasteiger partial charge on any atom is -0.508 e. The molecule has 1 radical (unpaired) electrons. The van der Waals surface area contributed by atoms with Gasteiger partial charge in [-0.1, -0.05) is 12.1 Å². The molecular formula is C16H14AcN2O2. The molecule has 0 aliphatic carbocycles. The zero-order valence-electron chi connectivity index (χ0n) is 11.8. The molecular weight excluding hydrogens is 479 g/mol. The number of benzene rings is 2. The minimum atomic E-state index is -0.251. The molecule has 21 heavy (non-hydrogen) atoms. The third-order valence-electron chi connectivity index (χ3n) is 3.47. The van der Waals surface area contributed by atoms with Gasteiger partial charge in [-0.25, -0.2) is 4.98 Å². The predicted octanol–water partition coefficient (Wildman–Crippen LogP) is 2.91. The van der Waals surface area contributed by atoms with Gasteiger partial charge in [-0.3, -0.25) is 4.79 Å². The van der Waals surface area contributed by atoms with E-state index in [1.807, 2.05) is 32.0 Å². The van der Waals surface area contributed by atoms with E-state index in [0.29, 0.717) is 16.7 Å². The van der Waals surface area contributed by atoms with Crippen molar-refractivity contribution in [1.82, 2.24) is 9.97 Å². The second kappa shape index (κ2) is 6.29. The van der Waals surface area contributed by atoms with Crippen LogP contribution in [0.15, 0.2) is 41.2 Å². The number of hydrogen-bond donors (Lipinski definition) is 2. The number of nitrogens with zero attached hydrogens (tertiary/aromatic N) is 1. The van der Waals surface area contributed by atoms with E-state index in [-0.39, 0.29) is 55.4 Å². The van der Waals surface area contributed by atoms with Crippen molar-refractivity contribution in [2.45, 2.75) is 13.8 Å². The molecule has 0 aliphatic heterocycles. The van der Waals surface area contributed by atoms with Gasteiger partial charge >= 0.3 is 0 Å². The fourth-order valence-electron chi connectivity index (χ4n) is 2.15. The fraction of sp³-hybridized carbons (Fsp3) is 0.125. The van der Waals surface area contributed by atoms with Crippen LogP contribution in [0, 0.1) is 57.9 Å². The maximum Gasteiger partial charge on any atom is 0.259 e. The SMILES string of the molecule is Cc1ccc(-c2nc3ccc(O)cc3c(=O)[nH]2)cc1C.[Ac].